The van der Waals surface area contributed by atoms with Crippen molar-refractivity contribution in [1.82, 2.24) is 5.32 Å². The predicted octanol–water partition coefficient (Wildman–Crippen LogP) is 0.177. The number of nitrogens with zero attached hydrogens (tertiary/aromatic N) is 1. The minimum absolute atomic E-state index is 0.0310. The van der Waals surface area contributed by atoms with Gasteiger partial charge >= 0.3 is 0 Å². The molecule has 1 aromatic carbocycles. The minimum atomic E-state index is -0.932. The maximum atomic E-state index is 10.8. The van der Waals surface area contributed by atoms with Crippen LogP contribution in [0.3, 0.4) is 0 Å². The number of nitro benzene ring substituents is 1. The molecule has 16 heavy (non-hydrogen) atoms. The van der Waals surface area contributed by atoms with Crippen LogP contribution < -0.4 is 5.32 Å². The van der Waals surface area contributed by atoms with Crippen LogP contribution in [0.15, 0.2) is 18.2 Å². The Morgan fingerprint density at radius 1 is 1.50 bits per heavy atom. The van der Waals surface area contributed by atoms with E-state index in [9.17, 15) is 20.3 Å². The van der Waals surface area contributed by atoms with Gasteiger partial charge in [0, 0.05) is 31.1 Å². The zero-order valence-electron chi connectivity index (χ0n) is 8.51. The SMILES string of the molecule is O=[N+]([O-])c1ccc(O)cc1CC1(O)CNC1. The molecule has 0 aromatic heterocycles. The zero-order chi connectivity index (χ0) is 11.8. The van der Waals surface area contributed by atoms with Crippen molar-refractivity contribution in [1.29, 1.82) is 0 Å². The molecule has 1 heterocycles. The highest BCUT2D eigenvalue weighted by atomic mass is 16.6. The first-order valence-electron chi connectivity index (χ1n) is 4.90. The molecule has 6 heteroatoms. The van der Waals surface area contributed by atoms with Gasteiger partial charge in [0.25, 0.3) is 5.69 Å². The maximum Gasteiger partial charge on any atom is 0.272 e. The number of phenolic OH excluding ortho intramolecular Hbond substituents is 1. The molecule has 0 aliphatic carbocycles. The molecule has 3 N–H and O–H groups in total. The van der Waals surface area contributed by atoms with Gasteiger partial charge in [-0.15, -0.1) is 0 Å². The predicted molar refractivity (Wildman–Crippen MR) is 56.3 cm³/mol. The number of nitro groups is 1. The fraction of sp³-hybridized carbons (Fsp3) is 0.400. The summed E-state index contributed by atoms with van der Waals surface area (Å²) in [4.78, 5) is 10.2. The van der Waals surface area contributed by atoms with E-state index in [1.54, 1.807) is 0 Å². The highest BCUT2D eigenvalue weighted by Crippen LogP contribution is 2.28. The number of hydrogen-bond donors (Lipinski definition) is 3. The lowest BCUT2D eigenvalue weighted by Gasteiger charge is -2.37. The van der Waals surface area contributed by atoms with Crippen LogP contribution in [0.25, 0.3) is 0 Å². The van der Waals surface area contributed by atoms with Crippen molar-refractivity contribution >= 4 is 5.69 Å². The van der Waals surface area contributed by atoms with Gasteiger partial charge in [-0.2, -0.15) is 0 Å². The fourth-order valence-corrected chi connectivity index (χ4v) is 1.78. The molecule has 0 amide bonds. The summed E-state index contributed by atoms with van der Waals surface area (Å²) >= 11 is 0. The highest BCUT2D eigenvalue weighted by molar-refractivity contribution is 5.45. The summed E-state index contributed by atoms with van der Waals surface area (Å²) in [5.74, 6) is -0.0310. The van der Waals surface area contributed by atoms with Gasteiger partial charge < -0.3 is 15.5 Å². The Labute approximate surface area is 91.7 Å². The second-order valence-corrected chi connectivity index (χ2v) is 4.07. The molecule has 0 radical (unpaired) electrons. The molecule has 0 bridgehead atoms. The highest BCUT2D eigenvalue weighted by Gasteiger charge is 2.36. The second kappa shape index (κ2) is 3.73. The summed E-state index contributed by atoms with van der Waals surface area (Å²) in [5.41, 5.74) is -0.648. The van der Waals surface area contributed by atoms with Gasteiger partial charge in [-0.3, -0.25) is 10.1 Å². The van der Waals surface area contributed by atoms with Crippen LogP contribution >= 0.6 is 0 Å². The van der Waals surface area contributed by atoms with E-state index in [2.05, 4.69) is 5.32 Å². The number of phenols is 1. The Morgan fingerprint density at radius 3 is 2.69 bits per heavy atom. The molecular formula is C10H12N2O4. The van der Waals surface area contributed by atoms with Crippen LogP contribution in [0.2, 0.25) is 0 Å². The van der Waals surface area contributed by atoms with Crippen molar-refractivity contribution in [3.8, 4) is 5.75 Å². The first kappa shape index (κ1) is 10.8. The summed E-state index contributed by atoms with van der Waals surface area (Å²) in [5, 5.41) is 32.8. The molecule has 1 aromatic rings. The molecule has 0 spiro atoms. The van der Waals surface area contributed by atoms with Gasteiger partial charge in [0.05, 0.1) is 10.5 Å². The van der Waals surface area contributed by atoms with Crippen LogP contribution in [0.1, 0.15) is 5.56 Å². The Kier molecular flexibility index (Phi) is 2.53. The number of β-amino-alcohol motifs (C(OH)–C–C–N with tert-alkyl or cyclic N) is 1. The first-order chi connectivity index (χ1) is 7.50. The van der Waals surface area contributed by atoms with E-state index >= 15 is 0 Å². The summed E-state index contributed by atoms with van der Waals surface area (Å²) in [6.07, 6.45) is 0.171. The van der Waals surface area contributed by atoms with E-state index in [0.717, 1.165) is 0 Å². The number of aliphatic hydroxyl groups is 1. The van der Waals surface area contributed by atoms with Crippen LogP contribution in [-0.2, 0) is 6.42 Å². The Balaban J connectivity index is 2.30. The number of benzene rings is 1. The third-order valence-corrected chi connectivity index (χ3v) is 2.69. The molecule has 86 valence electrons. The molecule has 0 atom stereocenters. The largest absolute Gasteiger partial charge is 0.508 e. The average Bonchev–Trinajstić information content (AvgIpc) is 2.15. The van der Waals surface area contributed by atoms with Gasteiger partial charge in [-0.05, 0) is 12.1 Å². The van der Waals surface area contributed by atoms with Crippen LogP contribution in [0.5, 0.6) is 5.75 Å². The smallest absolute Gasteiger partial charge is 0.272 e. The molecule has 0 unspecified atom stereocenters. The van der Waals surface area contributed by atoms with Crippen LogP contribution in [0.4, 0.5) is 5.69 Å². The molecule has 1 fully saturated rings. The van der Waals surface area contributed by atoms with Gasteiger partial charge in [0.2, 0.25) is 0 Å². The molecule has 1 saturated heterocycles. The van der Waals surface area contributed by atoms with Crippen molar-refractivity contribution in [3.05, 3.63) is 33.9 Å². The van der Waals surface area contributed by atoms with Crippen molar-refractivity contribution in [2.75, 3.05) is 13.1 Å². The maximum absolute atomic E-state index is 10.8. The van der Waals surface area contributed by atoms with E-state index in [-0.39, 0.29) is 17.9 Å². The van der Waals surface area contributed by atoms with Crippen molar-refractivity contribution < 1.29 is 15.1 Å². The molecule has 0 saturated carbocycles. The monoisotopic (exact) mass is 224 g/mol. The van der Waals surface area contributed by atoms with Crippen LogP contribution in [0, 0.1) is 10.1 Å². The summed E-state index contributed by atoms with van der Waals surface area (Å²) in [6, 6.07) is 3.85. The summed E-state index contributed by atoms with van der Waals surface area (Å²) in [6.45, 7) is 0.833. The topological polar surface area (TPSA) is 95.6 Å². The van der Waals surface area contributed by atoms with Crippen LogP contribution in [-0.4, -0.2) is 33.8 Å². The van der Waals surface area contributed by atoms with E-state index in [0.29, 0.717) is 18.7 Å². The second-order valence-electron chi connectivity index (χ2n) is 4.07. The molecule has 2 rings (SSSR count). The van der Waals surface area contributed by atoms with Crippen molar-refractivity contribution in [2.45, 2.75) is 12.0 Å². The summed E-state index contributed by atoms with van der Waals surface area (Å²) < 4.78 is 0. The quantitative estimate of drug-likeness (QED) is 0.502. The first-order valence-corrected chi connectivity index (χ1v) is 4.90. The zero-order valence-corrected chi connectivity index (χ0v) is 8.51. The molecule has 1 aliphatic rings. The van der Waals surface area contributed by atoms with Gasteiger partial charge in [0.1, 0.15) is 5.75 Å². The Hall–Kier alpha value is -1.66. The fourth-order valence-electron chi connectivity index (χ4n) is 1.78. The Morgan fingerprint density at radius 2 is 2.19 bits per heavy atom. The van der Waals surface area contributed by atoms with E-state index in [1.165, 1.54) is 18.2 Å². The van der Waals surface area contributed by atoms with E-state index in [4.69, 9.17) is 0 Å². The number of hydrogen-bond acceptors (Lipinski definition) is 5. The molecule has 1 aliphatic heterocycles. The standard InChI is InChI=1S/C10H12N2O4/c13-8-1-2-9(12(15)16)7(3-8)4-10(14)5-11-6-10/h1-3,11,13-14H,4-6H2. The average molecular weight is 224 g/mol. The number of nitrogens with one attached hydrogen (secondary N) is 1. The van der Waals surface area contributed by atoms with E-state index < -0.39 is 10.5 Å². The number of aromatic hydroxyl groups is 1. The van der Waals surface area contributed by atoms with Crippen molar-refractivity contribution in [2.24, 2.45) is 0 Å². The lowest BCUT2D eigenvalue weighted by atomic mass is 9.88. The molecule has 6 nitrogen and oxygen atoms in total. The third-order valence-electron chi connectivity index (χ3n) is 2.69. The summed E-state index contributed by atoms with van der Waals surface area (Å²) in [7, 11) is 0. The minimum Gasteiger partial charge on any atom is -0.508 e. The van der Waals surface area contributed by atoms with Gasteiger partial charge in [-0.1, -0.05) is 0 Å². The third kappa shape index (κ3) is 1.98. The van der Waals surface area contributed by atoms with Gasteiger partial charge in [-0.25, -0.2) is 0 Å². The Bertz CT molecular complexity index is 429. The lowest BCUT2D eigenvalue weighted by molar-refractivity contribution is -0.385. The lowest BCUT2D eigenvalue weighted by Crippen LogP contribution is -2.60. The van der Waals surface area contributed by atoms with Gasteiger partial charge in [0.15, 0.2) is 0 Å². The number of rotatable bonds is 3. The van der Waals surface area contributed by atoms with Crippen molar-refractivity contribution in [3.63, 3.8) is 0 Å². The normalized spacial score (nSPS) is 17.8. The van der Waals surface area contributed by atoms with E-state index in [1.807, 2.05) is 0 Å². The molecular weight excluding hydrogens is 212 g/mol.